The molecule has 4 aromatic rings. The monoisotopic (exact) mass is 722 g/mol. The fraction of sp³-hybridized carbons (Fsp3) is 0.364. The minimum absolute atomic E-state index is 0.152. The minimum Gasteiger partial charge on any atom is -0.457 e. The van der Waals surface area contributed by atoms with E-state index in [0.29, 0.717) is 18.5 Å². The molecule has 1 atom stereocenters. The van der Waals surface area contributed by atoms with Gasteiger partial charge in [0, 0.05) is 24.7 Å². The van der Waals surface area contributed by atoms with E-state index in [2.05, 4.69) is 62.0 Å². The molecule has 0 aliphatic carbocycles. The van der Waals surface area contributed by atoms with E-state index < -0.39 is 0 Å². The number of primary amides is 1. The Morgan fingerprint density at radius 2 is 1.47 bits per heavy atom. The van der Waals surface area contributed by atoms with Crippen molar-refractivity contribution in [1.82, 2.24) is 15.6 Å². The summed E-state index contributed by atoms with van der Waals surface area (Å²) < 4.78 is 6.06. The summed E-state index contributed by atoms with van der Waals surface area (Å²) in [6, 6.07) is 29.0. The number of nitrogens with two attached hydrogens (primary N) is 2. The third kappa shape index (κ3) is 17.6. The topological polar surface area (TPSA) is 145 Å². The molecule has 0 bridgehead atoms. The summed E-state index contributed by atoms with van der Waals surface area (Å²) in [7, 11) is 0. The summed E-state index contributed by atoms with van der Waals surface area (Å²) in [5.41, 5.74) is 16.7. The first-order valence-corrected chi connectivity index (χ1v) is 18.7. The van der Waals surface area contributed by atoms with Gasteiger partial charge in [-0.05, 0) is 104 Å². The average Bonchev–Trinajstić information content (AvgIpc) is 3.20. The molecule has 0 radical (unpaired) electrons. The molecule has 0 saturated heterocycles. The Balaban J connectivity index is 0.000000691. The molecule has 0 fully saturated rings. The Labute approximate surface area is 318 Å². The van der Waals surface area contributed by atoms with E-state index in [0.717, 1.165) is 71.3 Å². The maximum atomic E-state index is 12.8. The van der Waals surface area contributed by atoms with E-state index in [1.165, 1.54) is 5.57 Å². The first-order valence-electron chi connectivity index (χ1n) is 18.7. The number of rotatable bonds is 14. The zero-order valence-corrected chi connectivity index (χ0v) is 33.3. The number of aryl methyl sites for hydroxylation is 1. The predicted octanol–water partition coefficient (Wildman–Crippen LogP) is 9.77. The van der Waals surface area contributed by atoms with Gasteiger partial charge in [-0.15, -0.1) is 0 Å². The van der Waals surface area contributed by atoms with E-state index in [1.54, 1.807) is 13.1 Å². The molecule has 0 saturated carbocycles. The van der Waals surface area contributed by atoms with Crippen LogP contribution in [0.5, 0.6) is 11.5 Å². The Kier molecular flexibility index (Phi) is 22.7. The number of carbonyl (C=O) groups is 2. The van der Waals surface area contributed by atoms with Crippen molar-refractivity contribution in [3.05, 3.63) is 131 Å². The van der Waals surface area contributed by atoms with Crippen LogP contribution >= 0.6 is 0 Å². The van der Waals surface area contributed by atoms with E-state index in [9.17, 15) is 9.59 Å². The number of amides is 2. The second-order valence-corrected chi connectivity index (χ2v) is 12.0. The summed E-state index contributed by atoms with van der Waals surface area (Å²) in [4.78, 5) is 31.8. The molecule has 1 unspecified atom stereocenters. The van der Waals surface area contributed by atoms with Crippen molar-refractivity contribution in [2.75, 3.05) is 6.54 Å². The lowest BCUT2D eigenvalue weighted by atomic mass is 9.95. The third-order valence-electron chi connectivity index (χ3n) is 7.96. The van der Waals surface area contributed by atoms with Gasteiger partial charge in [0.25, 0.3) is 5.91 Å². The Hall–Kier alpha value is -5.44. The number of nitrogens with zero attached hydrogens (tertiary/aromatic N) is 2. The molecule has 286 valence electrons. The van der Waals surface area contributed by atoms with Crippen LogP contribution in [0.3, 0.4) is 0 Å². The fourth-order valence-electron chi connectivity index (χ4n) is 4.37. The number of nitrogens with one attached hydrogen (secondary N) is 2. The number of hydrogen-bond donors (Lipinski definition) is 4. The van der Waals surface area contributed by atoms with Crippen LogP contribution < -0.4 is 26.8 Å². The normalized spacial score (nSPS) is 11.5. The molecule has 0 spiro atoms. The van der Waals surface area contributed by atoms with E-state index in [1.807, 2.05) is 106 Å². The molecule has 9 heteroatoms. The highest BCUT2D eigenvalue weighted by molar-refractivity contribution is 6.04. The number of allylic oxidation sites excluding steroid dienone is 1. The zero-order valence-electron chi connectivity index (χ0n) is 33.3. The van der Waals surface area contributed by atoms with Crippen molar-refractivity contribution >= 4 is 23.2 Å². The molecule has 0 aliphatic heterocycles. The Morgan fingerprint density at radius 1 is 0.811 bits per heavy atom. The molecule has 1 heterocycles. The third-order valence-corrected chi connectivity index (χ3v) is 7.96. The van der Waals surface area contributed by atoms with Crippen molar-refractivity contribution in [3.63, 3.8) is 0 Å². The van der Waals surface area contributed by atoms with Crippen LogP contribution in [0.1, 0.15) is 108 Å². The SMILES string of the molecule is CC.CCC(C)C(=Nc1cc(C(=O)NCc2ccccn2)ccc1C)c1cccc(Oc2ccccc2)c1.CCC(N)=O.CCCNC(N)=C(C)CC. The van der Waals surface area contributed by atoms with Crippen LogP contribution in [0.25, 0.3) is 0 Å². The molecule has 53 heavy (non-hydrogen) atoms. The molecule has 1 aromatic heterocycles. The minimum atomic E-state index is -0.245. The van der Waals surface area contributed by atoms with Crippen molar-refractivity contribution < 1.29 is 14.3 Å². The standard InChI is InChI=1S/C31H31N3O2.C8H18N2.C3H7NO.C2H6/c1-4-22(2)30(24-11-10-15-28(19-24)36-27-13-6-5-7-14-27)34-29-20-25(17-16-23(29)3)31(35)33-21-26-12-8-9-18-32-26;1-4-6-10-8(9)7(3)5-2;1-2-3(4)5;1-2/h5-20,22H,4,21H2,1-3H3,(H,33,35);10H,4-6,9H2,1-3H3;2H2,1H3,(H2,4,5);1-2H3. The number of aliphatic imine (C=N–C) groups is 1. The number of benzene rings is 3. The van der Waals surface area contributed by atoms with Crippen molar-refractivity contribution in [2.24, 2.45) is 22.4 Å². The lowest BCUT2D eigenvalue weighted by Gasteiger charge is -2.16. The number of ether oxygens (including phenoxy) is 1. The quantitative estimate of drug-likeness (QED) is 0.0954. The van der Waals surface area contributed by atoms with Gasteiger partial charge < -0.3 is 26.8 Å². The fourth-order valence-corrected chi connectivity index (χ4v) is 4.37. The zero-order chi connectivity index (χ0) is 39.6. The number of hydrogen-bond acceptors (Lipinski definition) is 7. The number of pyridine rings is 1. The number of aromatic nitrogens is 1. The molecule has 6 N–H and O–H groups in total. The first kappa shape index (κ1) is 45.6. The summed E-state index contributed by atoms with van der Waals surface area (Å²) >= 11 is 0. The highest BCUT2D eigenvalue weighted by Crippen LogP contribution is 2.27. The molecular weight excluding hydrogens is 661 g/mol. The van der Waals surface area contributed by atoms with Gasteiger partial charge in [-0.25, -0.2) is 0 Å². The van der Waals surface area contributed by atoms with Crippen LogP contribution in [0, 0.1) is 12.8 Å². The van der Waals surface area contributed by atoms with E-state index in [-0.39, 0.29) is 17.7 Å². The predicted molar refractivity (Wildman–Crippen MR) is 222 cm³/mol. The van der Waals surface area contributed by atoms with E-state index in [4.69, 9.17) is 15.5 Å². The van der Waals surface area contributed by atoms with E-state index >= 15 is 0 Å². The van der Waals surface area contributed by atoms with Gasteiger partial charge in [0.2, 0.25) is 5.91 Å². The van der Waals surface area contributed by atoms with Gasteiger partial charge in [0.1, 0.15) is 11.5 Å². The summed E-state index contributed by atoms with van der Waals surface area (Å²) in [5, 5.41) is 6.09. The maximum Gasteiger partial charge on any atom is 0.251 e. The molecule has 0 aliphatic rings. The first-order chi connectivity index (χ1) is 25.5. The lowest BCUT2D eigenvalue weighted by molar-refractivity contribution is -0.117. The summed E-state index contributed by atoms with van der Waals surface area (Å²) in [5.74, 6) is 2.22. The molecule has 4 rings (SSSR count). The van der Waals surface area contributed by atoms with Crippen molar-refractivity contribution in [2.45, 2.75) is 94.5 Å². The molecular formula is C44H62N6O3. The highest BCUT2D eigenvalue weighted by atomic mass is 16.5. The van der Waals surface area contributed by atoms with Gasteiger partial charge in [-0.2, -0.15) is 0 Å². The lowest BCUT2D eigenvalue weighted by Crippen LogP contribution is -2.23. The largest absolute Gasteiger partial charge is 0.457 e. The van der Waals surface area contributed by atoms with Crippen LogP contribution in [-0.2, 0) is 11.3 Å². The van der Waals surface area contributed by atoms with Crippen LogP contribution in [0.4, 0.5) is 5.69 Å². The van der Waals surface area contributed by atoms with Crippen molar-refractivity contribution in [1.29, 1.82) is 0 Å². The molecule has 2 amide bonds. The highest BCUT2D eigenvalue weighted by Gasteiger charge is 2.15. The van der Waals surface area contributed by atoms with Crippen LogP contribution in [-0.4, -0.2) is 29.1 Å². The summed E-state index contributed by atoms with van der Waals surface area (Å²) in [6.07, 6.45) is 5.25. The van der Waals surface area contributed by atoms with Gasteiger partial charge in [-0.3, -0.25) is 19.6 Å². The number of carbonyl (C=O) groups excluding carboxylic acids is 2. The average molecular weight is 723 g/mol. The van der Waals surface area contributed by atoms with Crippen molar-refractivity contribution in [3.8, 4) is 11.5 Å². The van der Waals surface area contributed by atoms with Crippen LogP contribution in [0.2, 0.25) is 0 Å². The second-order valence-electron chi connectivity index (χ2n) is 12.0. The smallest absolute Gasteiger partial charge is 0.251 e. The van der Waals surface area contributed by atoms with Crippen LogP contribution in [0.15, 0.2) is 114 Å². The Bertz CT molecular complexity index is 1710. The van der Waals surface area contributed by atoms with Gasteiger partial charge in [0.05, 0.1) is 29.5 Å². The number of para-hydroxylation sites is 1. The molecule has 3 aromatic carbocycles. The van der Waals surface area contributed by atoms with Gasteiger partial charge >= 0.3 is 0 Å². The van der Waals surface area contributed by atoms with Gasteiger partial charge in [-0.1, -0.05) is 90.9 Å². The second kappa shape index (κ2) is 26.4. The van der Waals surface area contributed by atoms with Gasteiger partial charge in [0.15, 0.2) is 0 Å². The Morgan fingerprint density at radius 3 is 2.06 bits per heavy atom. The maximum absolute atomic E-state index is 12.8. The molecule has 9 nitrogen and oxygen atoms in total. The summed E-state index contributed by atoms with van der Waals surface area (Å²) in [6.45, 7) is 19.7.